The zero-order chi connectivity index (χ0) is 26.9. The van der Waals surface area contributed by atoms with Crippen LogP contribution >= 0.6 is 11.6 Å². The molecule has 3 N–H and O–H groups in total. The number of rotatable bonds is 7. The molecule has 2 aromatic carbocycles. The first-order chi connectivity index (χ1) is 17.6. The summed E-state index contributed by atoms with van der Waals surface area (Å²) >= 11 is 6.19. The third-order valence-electron chi connectivity index (χ3n) is 5.52. The Bertz CT molecular complexity index is 1660. The van der Waals surface area contributed by atoms with Crippen molar-refractivity contribution in [3.63, 3.8) is 0 Å². The molecule has 0 aliphatic carbocycles. The second-order valence-electron chi connectivity index (χ2n) is 7.99. The molecule has 2 heterocycles. The molecule has 0 spiro atoms. The molecule has 2 aromatic heterocycles. The fourth-order valence-corrected chi connectivity index (χ4v) is 4.01. The van der Waals surface area contributed by atoms with Crippen molar-refractivity contribution >= 4 is 34.6 Å². The lowest BCUT2D eigenvalue weighted by atomic mass is 10.2. The molecule has 37 heavy (non-hydrogen) atoms. The Morgan fingerprint density at radius 1 is 1.05 bits per heavy atom. The summed E-state index contributed by atoms with van der Waals surface area (Å²) in [5, 5.41) is 2.39. The number of fused-ring (bicyclic) bond motifs is 1. The van der Waals surface area contributed by atoms with Gasteiger partial charge in [0.25, 0.3) is 5.56 Å². The molecular weight excluding hydrogens is 512 g/mol. The summed E-state index contributed by atoms with van der Waals surface area (Å²) in [7, 11) is 1.53. The predicted molar refractivity (Wildman–Crippen MR) is 131 cm³/mol. The van der Waals surface area contributed by atoms with Gasteiger partial charge in [0.1, 0.15) is 29.0 Å². The lowest BCUT2D eigenvalue weighted by Gasteiger charge is -2.12. The third kappa shape index (κ3) is 5.01. The van der Waals surface area contributed by atoms with Crippen LogP contribution in [-0.2, 0) is 13.2 Å². The van der Waals surface area contributed by atoms with E-state index in [4.69, 9.17) is 22.1 Å². The van der Waals surface area contributed by atoms with Crippen LogP contribution in [0.25, 0.3) is 11.0 Å². The second kappa shape index (κ2) is 10.4. The van der Waals surface area contributed by atoms with E-state index in [2.05, 4.69) is 5.32 Å². The number of carbonyl (C=O) groups excluding carboxylic acids is 2. The first-order valence-corrected chi connectivity index (χ1v) is 11.2. The number of pyridine rings is 1. The van der Waals surface area contributed by atoms with Crippen molar-refractivity contribution in [3.8, 4) is 5.75 Å². The summed E-state index contributed by atoms with van der Waals surface area (Å²) in [6.45, 7) is -0.446. The van der Waals surface area contributed by atoms with Gasteiger partial charge in [0, 0.05) is 17.8 Å². The molecule has 0 aliphatic heterocycles. The van der Waals surface area contributed by atoms with Gasteiger partial charge in [-0.1, -0.05) is 17.7 Å². The highest BCUT2D eigenvalue weighted by atomic mass is 35.5. The van der Waals surface area contributed by atoms with Gasteiger partial charge in [0.05, 0.1) is 24.1 Å². The quantitative estimate of drug-likeness (QED) is 0.376. The summed E-state index contributed by atoms with van der Waals surface area (Å²) < 4.78 is 35.2. The van der Waals surface area contributed by atoms with Crippen LogP contribution in [0.3, 0.4) is 0 Å². The van der Waals surface area contributed by atoms with Crippen molar-refractivity contribution in [3.05, 3.63) is 97.3 Å². The number of carbonyl (C=O) groups is 2. The van der Waals surface area contributed by atoms with Crippen LogP contribution in [0.15, 0.2) is 58.3 Å². The van der Waals surface area contributed by atoms with Crippen molar-refractivity contribution in [1.82, 2.24) is 19.0 Å². The molecule has 0 radical (unpaired) electrons. The Labute approximate surface area is 212 Å². The van der Waals surface area contributed by atoms with Gasteiger partial charge < -0.3 is 20.4 Å². The molecule has 4 aromatic rings. The lowest BCUT2D eigenvalue weighted by Crippen LogP contribution is -2.37. The fourth-order valence-electron chi connectivity index (χ4n) is 3.78. The van der Waals surface area contributed by atoms with Gasteiger partial charge >= 0.3 is 11.7 Å². The Kier molecular flexibility index (Phi) is 7.23. The molecule has 1 amide bonds. The van der Waals surface area contributed by atoms with E-state index in [1.165, 1.54) is 42.1 Å². The van der Waals surface area contributed by atoms with E-state index in [-0.39, 0.29) is 47.1 Å². The summed E-state index contributed by atoms with van der Waals surface area (Å²) in [6, 6.07) is 7.91. The number of benzene rings is 2. The van der Waals surface area contributed by atoms with Gasteiger partial charge in [-0.2, -0.15) is 0 Å². The van der Waals surface area contributed by atoms with E-state index in [1.54, 1.807) is 6.07 Å². The number of nitrogens with zero attached hydrogens (tertiary/aromatic N) is 3. The lowest BCUT2D eigenvalue weighted by molar-refractivity contribution is 0.0915. The van der Waals surface area contributed by atoms with Gasteiger partial charge in [0.15, 0.2) is 0 Å². The maximum absolute atomic E-state index is 13.9. The van der Waals surface area contributed by atoms with Crippen LogP contribution in [0.2, 0.25) is 5.02 Å². The molecule has 0 atom stereocenters. The first-order valence-electron chi connectivity index (χ1n) is 10.8. The molecule has 0 bridgehead atoms. The number of nitrogens with one attached hydrogen (secondary N) is 1. The third-order valence-corrected chi connectivity index (χ3v) is 5.87. The molecule has 192 valence electrons. The molecule has 13 heteroatoms. The first kappa shape index (κ1) is 25.8. The summed E-state index contributed by atoms with van der Waals surface area (Å²) in [5.41, 5.74) is 4.68. The molecule has 4 rings (SSSR count). The Morgan fingerprint density at radius 3 is 2.49 bits per heavy atom. The molecule has 10 nitrogen and oxygen atoms in total. The van der Waals surface area contributed by atoms with E-state index < -0.39 is 34.8 Å². The Balaban J connectivity index is 1.64. The molecule has 0 saturated heterocycles. The van der Waals surface area contributed by atoms with Crippen molar-refractivity contribution in [1.29, 1.82) is 0 Å². The number of hydrogen-bond acceptors (Lipinski definition) is 6. The largest absolute Gasteiger partial charge is 0.487 e. The predicted octanol–water partition coefficient (Wildman–Crippen LogP) is 2.31. The van der Waals surface area contributed by atoms with Crippen LogP contribution in [0, 0.1) is 11.6 Å². The van der Waals surface area contributed by atoms with Crippen LogP contribution < -0.4 is 27.0 Å². The highest BCUT2D eigenvalue weighted by Gasteiger charge is 2.21. The number of halogens is 3. The van der Waals surface area contributed by atoms with E-state index in [0.717, 1.165) is 16.7 Å². The number of nitrogens with two attached hydrogens (primary N) is 1. The van der Waals surface area contributed by atoms with E-state index in [1.807, 2.05) is 0 Å². The minimum absolute atomic E-state index is 0.00246. The number of aromatic nitrogens is 3. The molecule has 0 fully saturated rings. The van der Waals surface area contributed by atoms with E-state index in [0.29, 0.717) is 10.1 Å². The van der Waals surface area contributed by atoms with Crippen molar-refractivity contribution in [2.45, 2.75) is 13.2 Å². The molecule has 0 saturated carbocycles. The van der Waals surface area contributed by atoms with Gasteiger partial charge in [-0.15, -0.1) is 0 Å². The van der Waals surface area contributed by atoms with Gasteiger partial charge in [-0.05, 0) is 42.9 Å². The van der Waals surface area contributed by atoms with Gasteiger partial charge in [-0.3, -0.25) is 9.59 Å². The topological polar surface area (TPSA) is 130 Å². The van der Waals surface area contributed by atoms with Crippen molar-refractivity contribution in [2.75, 3.05) is 13.6 Å². The molecule has 0 aliphatic rings. The number of hydrogen-bond donors (Lipinski definition) is 2. The maximum Gasteiger partial charge on any atom is 0.344 e. The minimum atomic E-state index is -1.04. The SMILES string of the molecule is CNCC(=O)n1c(=O)n(C(N)=O)c2ccc(Cn3ccc(OCc4ccc(F)cc4F)c(Cl)c3=O)cc21. The normalized spacial score (nSPS) is 11.1. The highest BCUT2D eigenvalue weighted by Crippen LogP contribution is 2.23. The summed E-state index contributed by atoms with van der Waals surface area (Å²) in [5.74, 6) is -2.12. The molecular formula is C24H20ClF2N5O5. The number of likely N-dealkylation sites (N-methyl/N-ethyl adjacent to an activating group) is 1. The van der Waals surface area contributed by atoms with E-state index in [9.17, 15) is 28.0 Å². The van der Waals surface area contributed by atoms with Crippen LogP contribution in [0.5, 0.6) is 5.75 Å². The van der Waals surface area contributed by atoms with Crippen LogP contribution in [0.1, 0.15) is 15.9 Å². The average molecular weight is 532 g/mol. The van der Waals surface area contributed by atoms with Gasteiger partial charge in [0.2, 0.25) is 5.91 Å². The van der Waals surface area contributed by atoms with Crippen LogP contribution in [-0.4, -0.2) is 39.2 Å². The average Bonchev–Trinajstić information content (AvgIpc) is 3.14. The number of ether oxygens (including phenoxy) is 1. The van der Waals surface area contributed by atoms with Crippen LogP contribution in [0.4, 0.5) is 13.6 Å². The van der Waals surface area contributed by atoms with Crippen molar-refractivity contribution in [2.24, 2.45) is 5.73 Å². The standard InChI is InChI=1S/C24H20ClF2N5O5/c1-29-10-20(33)31-18-8-13(2-5-17(18)32(23(28)35)24(31)36)11-30-7-6-19(21(25)22(30)34)37-12-14-3-4-15(26)9-16(14)27/h2-9,29H,10-12H2,1H3,(H2,28,35). The highest BCUT2D eigenvalue weighted by molar-refractivity contribution is 6.31. The Morgan fingerprint density at radius 2 is 1.81 bits per heavy atom. The zero-order valence-electron chi connectivity index (χ0n) is 19.3. The van der Waals surface area contributed by atoms with E-state index >= 15 is 0 Å². The van der Waals surface area contributed by atoms with Crippen molar-refractivity contribution < 1.29 is 23.1 Å². The summed E-state index contributed by atoms with van der Waals surface area (Å²) in [6.07, 6.45) is 1.41. The smallest absolute Gasteiger partial charge is 0.344 e. The number of primary amides is 1. The minimum Gasteiger partial charge on any atom is -0.487 e. The Hall–Kier alpha value is -4.29. The molecule has 0 unspecified atom stereocenters. The second-order valence-corrected chi connectivity index (χ2v) is 8.37. The maximum atomic E-state index is 13.9. The fraction of sp³-hybridized carbons (Fsp3) is 0.167. The monoisotopic (exact) mass is 531 g/mol. The zero-order valence-corrected chi connectivity index (χ0v) is 20.1. The number of imidazole rings is 1. The number of amides is 1. The van der Waals surface area contributed by atoms with Gasteiger partial charge in [-0.25, -0.2) is 27.5 Å². The summed E-state index contributed by atoms with van der Waals surface area (Å²) in [4.78, 5) is 49.9.